The van der Waals surface area contributed by atoms with Gasteiger partial charge in [0.05, 0.1) is 6.10 Å². The Morgan fingerprint density at radius 3 is 2.45 bits per heavy atom. The Bertz CT molecular complexity index is 127. The van der Waals surface area contributed by atoms with Crippen LogP contribution in [0.2, 0.25) is 0 Å². The first-order chi connectivity index (χ1) is 5.01. The van der Waals surface area contributed by atoms with Gasteiger partial charge in [0.25, 0.3) is 0 Å². The van der Waals surface area contributed by atoms with Crippen molar-refractivity contribution in [2.45, 2.75) is 52.6 Å². The number of aliphatic hydroxyl groups excluding tert-OH is 1. The molecule has 0 aromatic rings. The molecule has 1 heteroatoms. The largest absolute Gasteiger partial charge is 0.393 e. The predicted octanol–water partition coefficient (Wildman–Crippen LogP) is 2.58. The molecule has 1 aliphatic rings. The second-order valence-electron chi connectivity index (χ2n) is 4.76. The summed E-state index contributed by atoms with van der Waals surface area (Å²) in [5.41, 5.74) is 0.472. The Labute approximate surface area is 69.8 Å². The van der Waals surface area contributed by atoms with E-state index in [-0.39, 0.29) is 6.10 Å². The molecule has 2 atom stereocenters. The van der Waals surface area contributed by atoms with E-state index in [1.807, 2.05) is 6.92 Å². The third kappa shape index (κ3) is 2.48. The summed E-state index contributed by atoms with van der Waals surface area (Å²) in [5.74, 6) is 0.554. The van der Waals surface area contributed by atoms with Crippen molar-refractivity contribution in [1.29, 1.82) is 0 Å². The van der Waals surface area contributed by atoms with Crippen LogP contribution in [0.5, 0.6) is 0 Å². The summed E-state index contributed by atoms with van der Waals surface area (Å²) >= 11 is 0. The third-order valence-electron chi connectivity index (χ3n) is 2.93. The Morgan fingerprint density at radius 2 is 2.09 bits per heavy atom. The first kappa shape index (κ1) is 9.05. The molecule has 0 amide bonds. The molecule has 1 unspecified atom stereocenters. The SMILES string of the molecule is CC(O)[C@@H]1CCCC(C)(C)C1. The highest BCUT2D eigenvalue weighted by atomic mass is 16.3. The molecule has 0 aromatic carbocycles. The van der Waals surface area contributed by atoms with E-state index in [1.165, 1.54) is 25.7 Å². The highest BCUT2D eigenvalue weighted by Crippen LogP contribution is 2.39. The maximum atomic E-state index is 9.41. The second kappa shape index (κ2) is 3.14. The van der Waals surface area contributed by atoms with Crippen LogP contribution in [0.4, 0.5) is 0 Å². The van der Waals surface area contributed by atoms with Gasteiger partial charge in [0.15, 0.2) is 0 Å². The molecular weight excluding hydrogens is 136 g/mol. The average Bonchev–Trinajstić information content (AvgIpc) is 1.85. The molecule has 1 fully saturated rings. The zero-order chi connectivity index (χ0) is 8.48. The van der Waals surface area contributed by atoms with Crippen LogP contribution in [0.15, 0.2) is 0 Å². The Morgan fingerprint density at radius 1 is 1.45 bits per heavy atom. The van der Waals surface area contributed by atoms with Crippen molar-refractivity contribution in [2.75, 3.05) is 0 Å². The van der Waals surface area contributed by atoms with Gasteiger partial charge in [-0.1, -0.05) is 20.3 Å². The molecule has 0 spiro atoms. The van der Waals surface area contributed by atoms with Crippen molar-refractivity contribution in [3.05, 3.63) is 0 Å². The second-order valence-corrected chi connectivity index (χ2v) is 4.76. The lowest BCUT2D eigenvalue weighted by molar-refractivity contribution is 0.0588. The van der Waals surface area contributed by atoms with Gasteiger partial charge in [0.1, 0.15) is 0 Å². The van der Waals surface area contributed by atoms with E-state index in [0.29, 0.717) is 11.3 Å². The quantitative estimate of drug-likeness (QED) is 0.618. The third-order valence-corrected chi connectivity index (χ3v) is 2.93. The fourth-order valence-corrected chi connectivity index (χ4v) is 2.17. The van der Waals surface area contributed by atoms with E-state index >= 15 is 0 Å². The molecule has 1 rings (SSSR count). The van der Waals surface area contributed by atoms with Crippen molar-refractivity contribution in [1.82, 2.24) is 0 Å². The first-order valence-electron chi connectivity index (χ1n) is 4.69. The smallest absolute Gasteiger partial charge is 0.0540 e. The molecule has 0 bridgehead atoms. The van der Waals surface area contributed by atoms with Gasteiger partial charge in [0.2, 0.25) is 0 Å². The molecule has 1 N–H and O–H groups in total. The molecule has 0 saturated heterocycles. The molecule has 1 saturated carbocycles. The maximum absolute atomic E-state index is 9.41. The van der Waals surface area contributed by atoms with Gasteiger partial charge in [0, 0.05) is 0 Å². The number of rotatable bonds is 1. The summed E-state index contributed by atoms with van der Waals surface area (Å²) in [6, 6.07) is 0. The van der Waals surface area contributed by atoms with E-state index < -0.39 is 0 Å². The maximum Gasteiger partial charge on any atom is 0.0540 e. The summed E-state index contributed by atoms with van der Waals surface area (Å²) < 4.78 is 0. The van der Waals surface area contributed by atoms with Gasteiger partial charge in [-0.2, -0.15) is 0 Å². The van der Waals surface area contributed by atoms with Crippen molar-refractivity contribution in [3.8, 4) is 0 Å². The molecule has 0 aromatic heterocycles. The zero-order valence-electron chi connectivity index (χ0n) is 7.93. The highest BCUT2D eigenvalue weighted by Gasteiger charge is 2.29. The molecule has 1 nitrogen and oxygen atoms in total. The summed E-state index contributed by atoms with van der Waals surface area (Å²) in [6.45, 7) is 6.54. The van der Waals surface area contributed by atoms with Gasteiger partial charge >= 0.3 is 0 Å². The zero-order valence-corrected chi connectivity index (χ0v) is 7.93. The monoisotopic (exact) mass is 156 g/mol. The topological polar surface area (TPSA) is 20.2 Å². The molecule has 0 aliphatic heterocycles. The lowest BCUT2D eigenvalue weighted by atomic mass is 9.71. The van der Waals surface area contributed by atoms with Crippen LogP contribution in [0.3, 0.4) is 0 Å². The van der Waals surface area contributed by atoms with Crippen LogP contribution < -0.4 is 0 Å². The number of hydrogen-bond acceptors (Lipinski definition) is 1. The summed E-state index contributed by atoms with van der Waals surface area (Å²) in [6.07, 6.45) is 4.94. The van der Waals surface area contributed by atoms with Crippen molar-refractivity contribution in [2.24, 2.45) is 11.3 Å². The number of aliphatic hydroxyl groups is 1. The van der Waals surface area contributed by atoms with E-state index in [4.69, 9.17) is 0 Å². The molecule has 66 valence electrons. The Hall–Kier alpha value is -0.0400. The van der Waals surface area contributed by atoms with Crippen LogP contribution >= 0.6 is 0 Å². The van der Waals surface area contributed by atoms with Crippen molar-refractivity contribution in [3.63, 3.8) is 0 Å². The van der Waals surface area contributed by atoms with Crippen LogP contribution in [-0.2, 0) is 0 Å². The first-order valence-corrected chi connectivity index (χ1v) is 4.69. The number of hydrogen-bond donors (Lipinski definition) is 1. The van der Waals surface area contributed by atoms with Gasteiger partial charge in [-0.3, -0.25) is 0 Å². The molecule has 1 aliphatic carbocycles. The molecule has 0 heterocycles. The minimum absolute atomic E-state index is 0.102. The van der Waals surface area contributed by atoms with Crippen LogP contribution in [0, 0.1) is 11.3 Å². The minimum atomic E-state index is -0.102. The van der Waals surface area contributed by atoms with Crippen molar-refractivity contribution < 1.29 is 5.11 Å². The standard InChI is InChI=1S/C10H20O/c1-8(11)9-5-4-6-10(2,3)7-9/h8-9,11H,4-7H2,1-3H3/t8?,9-/m1/s1. The van der Waals surface area contributed by atoms with Gasteiger partial charge in [-0.05, 0) is 37.5 Å². The fraction of sp³-hybridized carbons (Fsp3) is 1.00. The Kier molecular flexibility index (Phi) is 2.58. The van der Waals surface area contributed by atoms with E-state index in [2.05, 4.69) is 13.8 Å². The average molecular weight is 156 g/mol. The lowest BCUT2D eigenvalue weighted by Crippen LogP contribution is -2.28. The van der Waals surface area contributed by atoms with E-state index in [0.717, 1.165) is 0 Å². The minimum Gasteiger partial charge on any atom is -0.393 e. The van der Waals surface area contributed by atoms with Crippen LogP contribution in [0.1, 0.15) is 46.5 Å². The van der Waals surface area contributed by atoms with E-state index in [1.54, 1.807) is 0 Å². The van der Waals surface area contributed by atoms with Crippen LogP contribution in [-0.4, -0.2) is 11.2 Å². The summed E-state index contributed by atoms with van der Waals surface area (Å²) in [5, 5.41) is 9.41. The lowest BCUT2D eigenvalue weighted by Gasteiger charge is -2.36. The molecule has 11 heavy (non-hydrogen) atoms. The summed E-state index contributed by atoms with van der Waals surface area (Å²) in [4.78, 5) is 0. The Balaban J connectivity index is 2.46. The van der Waals surface area contributed by atoms with E-state index in [9.17, 15) is 5.11 Å². The van der Waals surface area contributed by atoms with Gasteiger partial charge < -0.3 is 5.11 Å². The predicted molar refractivity (Wildman–Crippen MR) is 47.4 cm³/mol. The van der Waals surface area contributed by atoms with Gasteiger partial charge in [-0.25, -0.2) is 0 Å². The summed E-state index contributed by atoms with van der Waals surface area (Å²) in [7, 11) is 0. The fourth-order valence-electron chi connectivity index (χ4n) is 2.17. The highest BCUT2D eigenvalue weighted by molar-refractivity contribution is 4.81. The molecular formula is C10H20O. The normalized spacial score (nSPS) is 33.3. The van der Waals surface area contributed by atoms with Crippen molar-refractivity contribution >= 4 is 0 Å². The van der Waals surface area contributed by atoms with Crippen LogP contribution in [0.25, 0.3) is 0 Å². The molecule has 0 radical (unpaired) electrons. The van der Waals surface area contributed by atoms with Gasteiger partial charge in [-0.15, -0.1) is 0 Å².